The highest BCUT2D eigenvalue weighted by molar-refractivity contribution is 8.35. The van der Waals surface area contributed by atoms with Gasteiger partial charge < -0.3 is 20.4 Å². The van der Waals surface area contributed by atoms with E-state index >= 15 is 0 Å². The maximum absolute atomic E-state index is 13.0. The number of benzene rings is 1. The van der Waals surface area contributed by atoms with E-state index in [0.29, 0.717) is 33.7 Å². The molecule has 1 aromatic carbocycles. The Labute approximate surface area is 215 Å². The van der Waals surface area contributed by atoms with Gasteiger partial charge in [0.2, 0.25) is 11.7 Å². The number of amides is 1. The molecule has 3 aromatic heterocycles. The third kappa shape index (κ3) is 4.96. The average Bonchev–Trinajstić information content (AvgIpc) is 3.46. The molecular formula is C25H29N7O2S2. The predicted octanol–water partition coefficient (Wildman–Crippen LogP) is 4.40. The Balaban J connectivity index is 1.28. The quantitative estimate of drug-likeness (QED) is 0.380. The van der Waals surface area contributed by atoms with Crippen LogP contribution in [-0.2, 0) is 4.79 Å². The van der Waals surface area contributed by atoms with E-state index < -0.39 is 10.0 Å². The van der Waals surface area contributed by atoms with Crippen LogP contribution in [0.4, 0.5) is 10.9 Å². The number of aromatic nitrogens is 5. The molecule has 0 bridgehead atoms. The van der Waals surface area contributed by atoms with Crippen molar-refractivity contribution in [1.82, 2.24) is 24.5 Å². The molecule has 4 aromatic rings. The Kier molecular flexibility index (Phi) is 6.49. The number of nitrogens with two attached hydrogens (primary N) is 1. The van der Waals surface area contributed by atoms with Crippen LogP contribution in [0.1, 0.15) is 37.5 Å². The summed E-state index contributed by atoms with van der Waals surface area (Å²) in [6.45, 7) is 0. The monoisotopic (exact) mass is 523 g/mol. The first-order valence-electron chi connectivity index (χ1n) is 11.7. The lowest BCUT2D eigenvalue weighted by Gasteiger charge is -2.28. The second-order valence-corrected chi connectivity index (χ2v) is 14.6. The first-order valence-corrected chi connectivity index (χ1v) is 15.3. The fraction of sp³-hybridized carbons (Fsp3) is 0.400. The normalized spacial score (nSPS) is 18.6. The van der Waals surface area contributed by atoms with Gasteiger partial charge in [-0.15, -0.1) is 0 Å². The molecular weight excluding hydrogens is 494 g/mol. The molecule has 188 valence electrons. The van der Waals surface area contributed by atoms with E-state index in [0.717, 1.165) is 35.9 Å². The number of nitrogens with one attached hydrogen (secondary N) is 1. The Morgan fingerprint density at radius 2 is 1.94 bits per heavy atom. The summed E-state index contributed by atoms with van der Waals surface area (Å²) < 4.78 is 8.43. The second-order valence-electron chi connectivity index (χ2n) is 9.64. The molecule has 1 saturated carbocycles. The Bertz CT molecular complexity index is 1500. The zero-order chi connectivity index (χ0) is 25.4. The summed E-state index contributed by atoms with van der Waals surface area (Å²) in [5, 5.41) is 6.86. The first kappa shape index (κ1) is 24.3. The van der Waals surface area contributed by atoms with Crippen molar-refractivity contribution in [1.29, 1.82) is 0 Å². The number of fused-ring (bicyclic) bond motifs is 2. The van der Waals surface area contributed by atoms with Gasteiger partial charge in [-0.2, -0.15) is 10.0 Å². The number of nitrogen functional groups attached to an aromatic ring is 1. The molecule has 1 aliphatic rings. The van der Waals surface area contributed by atoms with Crippen LogP contribution in [0, 0.1) is 17.1 Å². The van der Waals surface area contributed by atoms with Crippen molar-refractivity contribution in [3.63, 3.8) is 0 Å². The topological polar surface area (TPSA) is 121 Å². The van der Waals surface area contributed by atoms with E-state index in [2.05, 4.69) is 59.8 Å². The van der Waals surface area contributed by atoms with Crippen molar-refractivity contribution in [3.8, 4) is 16.9 Å². The summed E-state index contributed by atoms with van der Waals surface area (Å²) in [5.41, 5.74) is 8.23. The van der Waals surface area contributed by atoms with Gasteiger partial charge in [-0.1, -0.05) is 17.4 Å². The van der Waals surface area contributed by atoms with E-state index in [1.165, 1.54) is 11.3 Å². The lowest BCUT2D eigenvalue weighted by molar-refractivity contribution is -0.120. The number of carbonyl (C=O) groups is 1. The summed E-state index contributed by atoms with van der Waals surface area (Å²) in [6.07, 6.45) is 11.4. The summed E-state index contributed by atoms with van der Waals surface area (Å²) in [7, 11) is 0.614. The van der Waals surface area contributed by atoms with Gasteiger partial charge in [0.25, 0.3) is 0 Å². The summed E-state index contributed by atoms with van der Waals surface area (Å²) in [6, 6.07) is 5.96. The zero-order valence-electron chi connectivity index (χ0n) is 20.7. The van der Waals surface area contributed by atoms with Crippen LogP contribution in [0.3, 0.4) is 0 Å². The van der Waals surface area contributed by atoms with E-state index in [4.69, 9.17) is 10.5 Å². The number of nitrogens with zero attached hydrogens (tertiary/aromatic N) is 5. The number of carbonyl (C=O) groups excluding carboxylic acids is 1. The maximum atomic E-state index is 13.0. The van der Waals surface area contributed by atoms with Crippen LogP contribution in [0.25, 0.3) is 21.4 Å². The van der Waals surface area contributed by atoms with Crippen LogP contribution >= 0.6 is 21.4 Å². The van der Waals surface area contributed by atoms with Crippen molar-refractivity contribution in [3.05, 3.63) is 30.4 Å². The van der Waals surface area contributed by atoms with E-state index in [9.17, 15) is 4.79 Å². The van der Waals surface area contributed by atoms with Crippen LogP contribution < -0.4 is 15.8 Å². The molecule has 1 amide bonds. The molecule has 9 nitrogen and oxygen atoms in total. The number of anilines is 2. The minimum Gasteiger partial charge on any atom is -0.494 e. The number of methoxy groups -OCH3 is 1. The van der Waals surface area contributed by atoms with Crippen LogP contribution in [-0.4, -0.2) is 56.3 Å². The van der Waals surface area contributed by atoms with Gasteiger partial charge in [0.1, 0.15) is 16.8 Å². The molecule has 11 heteroatoms. The summed E-state index contributed by atoms with van der Waals surface area (Å²) in [5.74, 6) is 4.48. The molecule has 36 heavy (non-hydrogen) atoms. The van der Waals surface area contributed by atoms with Gasteiger partial charge in [-0.3, -0.25) is 4.79 Å². The Hall–Kier alpha value is -3.36. The predicted molar refractivity (Wildman–Crippen MR) is 148 cm³/mol. The summed E-state index contributed by atoms with van der Waals surface area (Å²) in [4.78, 5) is 31.0. The number of thiazole rings is 1. The van der Waals surface area contributed by atoms with Gasteiger partial charge in [0, 0.05) is 12.0 Å². The van der Waals surface area contributed by atoms with Crippen molar-refractivity contribution >= 4 is 59.6 Å². The van der Waals surface area contributed by atoms with Crippen molar-refractivity contribution in [2.24, 2.45) is 5.92 Å². The van der Waals surface area contributed by atoms with Gasteiger partial charge in [0.05, 0.1) is 18.1 Å². The van der Waals surface area contributed by atoms with Crippen molar-refractivity contribution in [2.75, 3.05) is 36.9 Å². The van der Waals surface area contributed by atoms with Gasteiger partial charge in [-0.05, 0) is 67.8 Å². The number of rotatable bonds is 4. The highest BCUT2D eigenvalue weighted by Gasteiger charge is 2.29. The third-order valence-corrected chi connectivity index (χ3v) is 7.86. The lowest BCUT2D eigenvalue weighted by atomic mass is 9.85. The molecule has 0 saturated heterocycles. The Morgan fingerprint density at radius 1 is 1.17 bits per heavy atom. The number of hydrogen-bond acceptors (Lipinski definition) is 8. The molecule has 0 aliphatic heterocycles. The minimum absolute atomic E-state index is 0.00997. The molecule has 0 atom stereocenters. The van der Waals surface area contributed by atoms with Gasteiger partial charge in [-0.25, -0.2) is 19.9 Å². The first-order chi connectivity index (χ1) is 17.2. The smallest absolute Gasteiger partial charge is 0.229 e. The van der Waals surface area contributed by atoms with E-state index in [1.54, 1.807) is 13.4 Å². The molecule has 0 unspecified atom stereocenters. The Morgan fingerprint density at radius 3 is 2.67 bits per heavy atom. The fourth-order valence-corrected chi connectivity index (χ4v) is 5.71. The molecule has 5 rings (SSSR count). The lowest BCUT2D eigenvalue weighted by Crippen LogP contribution is -2.28. The average molecular weight is 524 g/mol. The van der Waals surface area contributed by atoms with Crippen molar-refractivity contribution in [2.45, 2.75) is 31.7 Å². The van der Waals surface area contributed by atoms with Crippen LogP contribution in [0.15, 0.2) is 24.5 Å². The molecule has 0 radical (unpaired) electrons. The van der Waals surface area contributed by atoms with E-state index in [-0.39, 0.29) is 17.9 Å². The molecule has 1 fully saturated rings. The highest BCUT2D eigenvalue weighted by atomic mass is 32.3. The molecule has 1 aliphatic carbocycles. The maximum Gasteiger partial charge on any atom is 0.229 e. The molecule has 0 spiro atoms. The summed E-state index contributed by atoms with van der Waals surface area (Å²) >= 11 is 1.46. The number of ether oxygens (including phenoxy) is 1. The van der Waals surface area contributed by atoms with E-state index in [1.807, 2.05) is 18.2 Å². The van der Waals surface area contributed by atoms with Crippen LogP contribution in [0.2, 0.25) is 0 Å². The van der Waals surface area contributed by atoms with Gasteiger partial charge >= 0.3 is 0 Å². The van der Waals surface area contributed by atoms with Crippen molar-refractivity contribution < 1.29 is 9.53 Å². The standard InChI is InChI=1S/C25H29N7O2S2/c1-34-17-6-5-7-18-20(17)30-25(35-18)31-24(33)15-8-10-16(11-9-15)32-14-27-21-22(26)28-19(29-23(21)32)12-13-36(2,3)4/h5-7,14-16H,8-11H2,1-4H3,(H2,26,28,29)(H,30,31,33)/t15-,16+. The SMILES string of the molecule is COc1cccc2sc(NC(=O)[C@H]3CC[C@@H](n4cnc5c(N)nc(C#CS(C)(C)C)nc54)CC3)nc12. The number of imidazole rings is 1. The minimum atomic E-state index is -1.01. The fourth-order valence-electron chi connectivity index (χ4n) is 4.43. The number of para-hydroxylation sites is 1. The third-order valence-electron chi connectivity index (χ3n) is 6.21. The highest BCUT2D eigenvalue weighted by Crippen LogP contribution is 2.37. The second kappa shape index (κ2) is 9.59. The zero-order valence-corrected chi connectivity index (χ0v) is 22.4. The largest absolute Gasteiger partial charge is 0.494 e. The molecule has 3 N–H and O–H groups in total. The van der Waals surface area contributed by atoms with Gasteiger partial charge in [0.15, 0.2) is 16.6 Å². The molecule has 3 heterocycles. The van der Waals surface area contributed by atoms with Crippen LogP contribution in [0.5, 0.6) is 5.75 Å². The number of hydrogen-bond donors (Lipinski definition) is 2.